The summed E-state index contributed by atoms with van der Waals surface area (Å²) < 4.78 is 3.73. The maximum absolute atomic E-state index is 4.69. The Balaban J connectivity index is 1.85. The molecule has 2 aromatic carbocycles. The fourth-order valence-electron chi connectivity index (χ4n) is 2.59. The highest BCUT2D eigenvalue weighted by Gasteiger charge is 2.12. The number of imidazole rings is 1. The Bertz CT molecular complexity index is 1050. The highest BCUT2D eigenvalue weighted by Crippen LogP contribution is 2.17. The molecule has 4 rings (SSSR count). The number of benzene rings is 2. The van der Waals surface area contributed by atoms with E-state index in [4.69, 9.17) is 4.98 Å². The predicted molar refractivity (Wildman–Crippen MR) is 88.6 cm³/mol. The summed E-state index contributed by atoms with van der Waals surface area (Å²) in [7, 11) is 1.79. The third-order valence-corrected chi connectivity index (χ3v) is 3.63. The van der Waals surface area contributed by atoms with E-state index in [-0.39, 0.29) is 0 Å². The molecular formula is C17H14N6. The minimum Gasteiger partial charge on any atom is -0.347 e. The molecule has 2 aromatic heterocycles. The van der Waals surface area contributed by atoms with Gasteiger partial charge in [0.2, 0.25) is 0 Å². The predicted octanol–water partition coefficient (Wildman–Crippen LogP) is 1.82. The van der Waals surface area contributed by atoms with Crippen LogP contribution < -0.4 is 5.32 Å². The maximum Gasteiger partial charge on any atom is 0.143 e. The molecule has 2 heterocycles. The molecular weight excluding hydrogens is 288 g/mol. The molecule has 4 aromatic rings. The van der Waals surface area contributed by atoms with Crippen LogP contribution in [0.1, 0.15) is 5.82 Å². The summed E-state index contributed by atoms with van der Waals surface area (Å²) in [4.78, 5) is 4.69. The Labute approximate surface area is 132 Å². The van der Waals surface area contributed by atoms with Crippen molar-refractivity contribution in [2.24, 2.45) is 0 Å². The van der Waals surface area contributed by atoms with Crippen LogP contribution in [-0.4, -0.2) is 31.6 Å². The normalized spacial score (nSPS) is 10.7. The van der Waals surface area contributed by atoms with Gasteiger partial charge in [-0.25, -0.2) is 9.67 Å². The molecule has 112 valence electrons. The molecule has 1 N–H and O–H groups in total. The van der Waals surface area contributed by atoms with E-state index >= 15 is 0 Å². The quantitative estimate of drug-likeness (QED) is 0.453. The van der Waals surface area contributed by atoms with E-state index in [0.717, 1.165) is 27.9 Å². The van der Waals surface area contributed by atoms with Gasteiger partial charge in [-0.15, -0.1) is 5.10 Å². The molecule has 0 atom stereocenters. The molecule has 0 fully saturated rings. The van der Waals surface area contributed by atoms with Crippen LogP contribution in [-0.2, 0) is 6.54 Å². The average molecular weight is 302 g/mol. The van der Waals surface area contributed by atoms with E-state index in [9.17, 15) is 0 Å². The van der Waals surface area contributed by atoms with Crippen molar-refractivity contribution in [1.82, 2.24) is 29.9 Å². The summed E-state index contributed by atoms with van der Waals surface area (Å²) in [6, 6.07) is 21.8. The van der Waals surface area contributed by atoms with Gasteiger partial charge in [-0.3, -0.25) is 4.57 Å². The standard InChI is InChI=1S/C17H14N6/c1-18-10-11-22-15-8-4-2-6-13(15)19-17(22)12-23-16-9-5-3-7-14(16)20-21-23/h2-9,18H,12H2,1H3. The molecule has 23 heavy (non-hydrogen) atoms. The van der Waals surface area contributed by atoms with E-state index in [1.807, 2.05) is 57.8 Å². The zero-order valence-corrected chi connectivity index (χ0v) is 12.6. The van der Waals surface area contributed by atoms with E-state index in [1.165, 1.54) is 0 Å². The molecule has 0 aliphatic heterocycles. The van der Waals surface area contributed by atoms with Crippen molar-refractivity contribution < 1.29 is 0 Å². The second kappa shape index (κ2) is 5.46. The van der Waals surface area contributed by atoms with Crippen molar-refractivity contribution >= 4 is 22.1 Å². The molecule has 0 amide bonds. The van der Waals surface area contributed by atoms with Crippen molar-refractivity contribution in [2.75, 3.05) is 7.05 Å². The summed E-state index contributed by atoms with van der Waals surface area (Å²) >= 11 is 0. The largest absolute Gasteiger partial charge is 0.347 e. The van der Waals surface area contributed by atoms with Crippen molar-refractivity contribution in [1.29, 1.82) is 0 Å². The summed E-state index contributed by atoms with van der Waals surface area (Å²) in [6.45, 7) is 0.508. The van der Waals surface area contributed by atoms with Gasteiger partial charge in [-0.1, -0.05) is 29.5 Å². The number of para-hydroxylation sites is 3. The van der Waals surface area contributed by atoms with Gasteiger partial charge in [0.05, 0.1) is 16.6 Å². The van der Waals surface area contributed by atoms with E-state index in [2.05, 4.69) is 27.7 Å². The highest BCUT2D eigenvalue weighted by atomic mass is 15.4. The highest BCUT2D eigenvalue weighted by molar-refractivity contribution is 5.77. The summed E-state index contributed by atoms with van der Waals surface area (Å²) in [5.74, 6) is 0.824. The fraction of sp³-hybridized carbons (Fsp3) is 0.118. The van der Waals surface area contributed by atoms with Gasteiger partial charge in [-0.2, -0.15) is 0 Å². The van der Waals surface area contributed by atoms with Crippen LogP contribution in [0.15, 0.2) is 48.5 Å². The molecule has 0 saturated carbocycles. The lowest BCUT2D eigenvalue weighted by atomic mass is 10.3. The number of rotatable bonds is 2. The lowest BCUT2D eigenvalue weighted by molar-refractivity contribution is 0.640. The van der Waals surface area contributed by atoms with Crippen molar-refractivity contribution in [3.8, 4) is 12.1 Å². The molecule has 0 bridgehead atoms. The van der Waals surface area contributed by atoms with E-state index < -0.39 is 0 Å². The number of fused-ring (bicyclic) bond motifs is 2. The van der Waals surface area contributed by atoms with Crippen LogP contribution in [0.2, 0.25) is 0 Å². The third kappa shape index (κ3) is 2.28. The first-order valence-corrected chi connectivity index (χ1v) is 7.29. The molecule has 0 unspecified atom stereocenters. The molecule has 6 heteroatoms. The van der Waals surface area contributed by atoms with E-state index in [1.54, 1.807) is 7.05 Å². The first-order valence-electron chi connectivity index (χ1n) is 7.29. The van der Waals surface area contributed by atoms with Gasteiger partial charge < -0.3 is 5.32 Å². The fourth-order valence-corrected chi connectivity index (χ4v) is 2.59. The Morgan fingerprint density at radius 2 is 1.74 bits per heavy atom. The molecule has 0 aliphatic carbocycles. The second-order valence-corrected chi connectivity index (χ2v) is 5.07. The van der Waals surface area contributed by atoms with Gasteiger partial charge in [0.25, 0.3) is 0 Å². The number of hydrogen-bond acceptors (Lipinski definition) is 4. The summed E-state index contributed by atoms with van der Waals surface area (Å²) in [5, 5.41) is 11.3. The van der Waals surface area contributed by atoms with Crippen LogP contribution in [0.25, 0.3) is 22.1 Å². The lowest BCUT2D eigenvalue weighted by Crippen LogP contribution is -2.08. The van der Waals surface area contributed by atoms with Crippen LogP contribution in [0.3, 0.4) is 0 Å². The van der Waals surface area contributed by atoms with Gasteiger partial charge >= 0.3 is 0 Å². The minimum absolute atomic E-state index is 0.508. The SMILES string of the molecule is CNC#Cn1c(Cn2nnc3ccccc32)nc2ccccc21. The van der Waals surface area contributed by atoms with Gasteiger partial charge in [-0.05, 0) is 24.3 Å². The minimum atomic E-state index is 0.508. The van der Waals surface area contributed by atoms with Crippen molar-refractivity contribution in [3.63, 3.8) is 0 Å². The Hall–Kier alpha value is -3.33. The summed E-state index contributed by atoms with van der Waals surface area (Å²) in [6.07, 6.45) is 0. The zero-order chi connectivity index (χ0) is 15.6. The zero-order valence-electron chi connectivity index (χ0n) is 12.6. The van der Waals surface area contributed by atoms with Crippen LogP contribution in [0.4, 0.5) is 0 Å². The monoisotopic (exact) mass is 302 g/mol. The van der Waals surface area contributed by atoms with Crippen molar-refractivity contribution in [3.05, 3.63) is 54.4 Å². The lowest BCUT2D eigenvalue weighted by Gasteiger charge is -2.02. The smallest absolute Gasteiger partial charge is 0.143 e. The number of nitrogens with zero attached hydrogens (tertiary/aromatic N) is 5. The molecule has 0 spiro atoms. The Morgan fingerprint density at radius 1 is 1.00 bits per heavy atom. The number of aromatic nitrogens is 5. The third-order valence-electron chi connectivity index (χ3n) is 3.63. The Kier molecular flexibility index (Phi) is 3.17. The maximum atomic E-state index is 4.69. The molecule has 6 nitrogen and oxygen atoms in total. The number of hydrogen-bond donors (Lipinski definition) is 1. The van der Waals surface area contributed by atoms with Crippen LogP contribution >= 0.6 is 0 Å². The second-order valence-electron chi connectivity index (χ2n) is 5.07. The first-order chi connectivity index (χ1) is 11.4. The molecule has 0 saturated heterocycles. The van der Waals surface area contributed by atoms with Crippen LogP contribution in [0.5, 0.6) is 0 Å². The van der Waals surface area contributed by atoms with Crippen LogP contribution in [0, 0.1) is 12.1 Å². The Morgan fingerprint density at radius 3 is 2.57 bits per heavy atom. The summed E-state index contributed by atoms with van der Waals surface area (Å²) in [5.41, 5.74) is 3.75. The van der Waals surface area contributed by atoms with Gasteiger partial charge in [0, 0.05) is 19.1 Å². The average Bonchev–Trinajstić information content (AvgIpc) is 3.15. The van der Waals surface area contributed by atoms with Gasteiger partial charge in [0.15, 0.2) is 0 Å². The van der Waals surface area contributed by atoms with Gasteiger partial charge in [0.1, 0.15) is 17.9 Å². The molecule has 0 radical (unpaired) electrons. The number of nitrogens with one attached hydrogen (secondary N) is 1. The van der Waals surface area contributed by atoms with E-state index in [0.29, 0.717) is 6.54 Å². The van der Waals surface area contributed by atoms with Crippen molar-refractivity contribution in [2.45, 2.75) is 6.54 Å². The topological polar surface area (TPSA) is 60.6 Å². The molecule has 0 aliphatic rings. The first kappa shape index (κ1) is 13.3.